The molecule has 6 heteroatoms. The lowest BCUT2D eigenvalue weighted by atomic mass is 10.0. The van der Waals surface area contributed by atoms with E-state index in [0.29, 0.717) is 18.9 Å². The van der Waals surface area contributed by atoms with Crippen molar-refractivity contribution in [2.45, 2.75) is 26.2 Å². The third-order valence-corrected chi connectivity index (χ3v) is 2.73. The maximum absolute atomic E-state index is 11.7. The summed E-state index contributed by atoms with van der Waals surface area (Å²) in [6.45, 7) is 4.19. The first-order chi connectivity index (χ1) is 7.63. The Morgan fingerprint density at radius 1 is 1.69 bits per heavy atom. The molecule has 1 fully saturated rings. The van der Waals surface area contributed by atoms with E-state index in [1.54, 1.807) is 0 Å². The van der Waals surface area contributed by atoms with Gasteiger partial charge in [0, 0.05) is 26.1 Å². The van der Waals surface area contributed by atoms with E-state index in [4.69, 9.17) is 10.9 Å². The van der Waals surface area contributed by atoms with E-state index < -0.39 is 0 Å². The fourth-order valence-corrected chi connectivity index (χ4v) is 1.83. The molecule has 0 aromatic carbocycles. The average molecular weight is 228 g/mol. The molecule has 4 N–H and O–H groups in total. The maximum Gasteiger partial charge on any atom is 0.317 e. The van der Waals surface area contributed by atoms with Gasteiger partial charge in [0.25, 0.3) is 0 Å². The second kappa shape index (κ2) is 6.19. The largest absolute Gasteiger partial charge is 0.409 e. The molecule has 0 radical (unpaired) electrons. The number of rotatable bonds is 3. The molecule has 0 aromatic heterocycles. The molecular formula is C10H20N4O2. The van der Waals surface area contributed by atoms with Crippen molar-refractivity contribution in [3.8, 4) is 0 Å². The predicted octanol–water partition coefficient (Wildman–Crippen LogP) is 0.564. The van der Waals surface area contributed by atoms with Crippen LogP contribution in [0.15, 0.2) is 5.16 Å². The molecule has 0 aliphatic carbocycles. The van der Waals surface area contributed by atoms with Gasteiger partial charge >= 0.3 is 6.03 Å². The Morgan fingerprint density at radius 3 is 3.06 bits per heavy atom. The molecule has 1 heterocycles. The van der Waals surface area contributed by atoms with E-state index in [-0.39, 0.29) is 11.9 Å². The first-order valence-corrected chi connectivity index (χ1v) is 5.62. The van der Waals surface area contributed by atoms with Crippen molar-refractivity contribution in [1.82, 2.24) is 10.2 Å². The number of piperidine rings is 1. The maximum atomic E-state index is 11.7. The fraction of sp³-hybridized carbons (Fsp3) is 0.800. The minimum Gasteiger partial charge on any atom is -0.409 e. The van der Waals surface area contributed by atoms with Gasteiger partial charge in [-0.1, -0.05) is 12.1 Å². The topological polar surface area (TPSA) is 91.0 Å². The zero-order valence-corrected chi connectivity index (χ0v) is 9.65. The number of urea groups is 1. The second-order valence-electron chi connectivity index (χ2n) is 4.27. The molecule has 0 saturated carbocycles. The van der Waals surface area contributed by atoms with Gasteiger partial charge in [-0.25, -0.2) is 4.79 Å². The second-order valence-corrected chi connectivity index (χ2v) is 4.27. The summed E-state index contributed by atoms with van der Waals surface area (Å²) in [6.07, 6.45) is 2.62. The Kier molecular flexibility index (Phi) is 4.88. The number of amidine groups is 1. The van der Waals surface area contributed by atoms with Gasteiger partial charge in [0.1, 0.15) is 5.84 Å². The summed E-state index contributed by atoms with van der Waals surface area (Å²) >= 11 is 0. The lowest BCUT2D eigenvalue weighted by Gasteiger charge is -2.30. The molecule has 1 atom stereocenters. The molecular weight excluding hydrogens is 208 g/mol. The van der Waals surface area contributed by atoms with E-state index in [1.165, 1.54) is 6.42 Å². The first-order valence-electron chi connectivity index (χ1n) is 5.62. The Morgan fingerprint density at radius 2 is 2.44 bits per heavy atom. The molecule has 0 aromatic rings. The summed E-state index contributed by atoms with van der Waals surface area (Å²) in [5, 5.41) is 13.9. The van der Waals surface area contributed by atoms with Crippen molar-refractivity contribution in [3.05, 3.63) is 0 Å². The van der Waals surface area contributed by atoms with Gasteiger partial charge in [-0.05, 0) is 18.8 Å². The third-order valence-electron chi connectivity index (χ3n) is 2.73. The van der Waals surface area contributed by atoms with E-state index in [1.807, 2.05) is 4.90 Å². The van der Waals surface area contributed by atoms with Crippen LogP contribution in [0.2, 0.25) is 0 Å². The first kappa shape index (κ1) is 12.6. The van der Waals surface area contributed by atoms with Crippen molar-refractivity contribution < 1.29 is 10.0 Å². The van der Waals surface area contributed by atoms with E-state index in [9.17, 15) is 4.79 Å². The van der Waals surface area contributed by atoms with Crippen LogP contribution < -0.4 is 11.1 Å². The number of nitrogens with two attached hydrogens (primary N) is 1. The van der Waals surface area contributed by atoms with Crippen LogP contribution in [-0.2, 0) is 0 Å². The van der Waals surface area contributed by atoms with Gasteiger partial charge in [0.15, 0.2) is 0 Å². The number of hydrogen-bond donors (Lipinski definition) is 3. The molecule has 1 aliphatic rings. The Bertz CT molecular complexity index is 268. The van der Waals surface area contributed by atoms with Crippen LogP contribution in [0.25, 0.3) is 0 Å². The van der Waals surface area contributed by atoms with Crippen LogP contribution in [0.1, 0.15) is 26.2 Å². The smallest absolute Gasteiger partial charge is 0.317 e. The van der Waals surface area contributed by atoms with E-state index in [2.05, 4.69) is 17.4 Å². The van der Waals surface area contributed by atoms with Crippen LogP contribution in [-0.4, -0.2) is 41.6 Å². The number of nitrogens with zero attached hydrogens (tertiary/aromatic N) is 2. The van der Waals surface area contributed by atoms with E-state index >= 15 is 0 Å². The average Bonchev–Trinajstić information content (AvgIpc) is 2.28. The van der Waals surface area contributed by atoms with Crippen LogP contribution in [0, 0.1) is 5.92 Å². The zero-order chi connectivity index (χ0) is 12.0. The van der Waals surface area contributed by atoms with Crippen molar-refractivity contribution >= 4 is 11.9 Å². The highest BCUT2D eigenvalue weighted by Crippen LogP contribution is 2.14. The number of nitrogens with one attached hydrogen (secondary N) is 1. The van der Waals surface area contributed by atoms with Crippen LogP contribution in [0.5, 0.6) is 0 Å². The molecule has 16 heavy (non-hydrogen) atoms. The van der Waals surface area contributed by atoms with Crippen molar-refractivity contribution in [2.24, 2.45) is 16.8 Å². The summed E-state index contributed by atoms with van der Waals surface area (Å²) in [5.74, 6) is 0.705. The highest BCUT2D eigenvalue weighted by Gasteiger charge is 2.20. The molecule has 6 nitrogen and oxygen atoms in total. The summed E-state index contributed by atoms with van der Waals surface area (Å²) in [4.78, 5) is 13.5. The summed E-state index contributed by atoms with van der Waals surface area (Å²) in [5.41, 5.74) is 5.29. The highest BCUT2D eigenvalue weighted by atomic mass is 16.4. The number of amides is 2. The standard InChI is InChI=1S/C10H20N4O2/c1-8-3-2-6-14(7-8)10(15)12-5-4-9(11)13-16/h8,16H,2-7H2,1H3,(H2,11,13)(H,12,15). The van der Waals surface area contributed by atoms with Gasteiger partial charge in [0.05, 0.1) is 0 Å². The number of carbonyl (C=O) groups is 1. The molecule has 0 spiro atoms. The third kappa shape index (κ3) is 3.96. The van der Waals surface area contributed by atoms with Crippen molar-refractivity contribution in [2.75, 3.05) is 19.6 Å². The zero-order valence-electron chi connectivity index (χ0n) is 9.65. The summed E-state index contributed by atoms with van der Waals surface area (Å²) in [6, 6.07) is -0.0581. The Balaban J connectivity index is 2.24. The SMILES string of the molecule is CC1CCCN(C(=O)NCCC(N)=NO)C1. The number of likely N-dealkylation sites (tertiary alicyclic amines) is 1. The lowest BCUT2D eigenvalue weighted by molar-refractivity contribution is 0.170. The number of hydrogen-bond acceptors (Lipinski definition) is 3. The minimum atomic E-state index is -0.0581. The van der Waals surface area contributed by atoms with Gasteiger partial charge in [-0.15, -0.1) is 0 Å². The molecule has 92 valence electrons. The lowest BCUT2D eigenvalue weighted by Crippen LogP contribution is -2.45. The number of carbonyl (C=O) groups excluding carboxylic acids is 1. The van der Waals surface area contributed by atoms with Crippen molar-refractivity contribution in [1.29, 1.82) is 0 Å². The predicted molar refractivity (Wildman–Crippen MR) is 61.4 cm³/mol. The molecule has 1 saturated heterocycles. The fourth-order valence-electron chi connectivity index (χ4n) is 1.83. The van der Waals surface area contributed by atoms with Crippen LogP contribution in [0.3, 0.4) is 0 Å². The van der Waals surface area contributed by atoms with Crippen LogP contribution >= 0.6 is 0 Å². The van der Waals surface area contributed by atoms with Gasteiger partial charge in [-0.2, -0.15) is 0 Å². The minimum absolute atomic E-state index is 0.0581. The van der Waals surface area contributed by atoms with Gasteiger partial charge in [0.2, 0.25) is 0 Å². The highest BCUT2D eigenvalue weighted by molar-refractivity contribution is 5.80. The summed E-state index contributed by atoms with van der Waals surface area (Å²) < 4.78 is 0. The monoisotopic (exact) mass is 228 g/mol. The number of oxime groups is 1. The van der Waals surface area contributed by atoms with Gasteiger partial charge in [-0.3, -0.25) is 0 Å². The van der Waals surface area contributed by atoms with Crippen molar-refractivity contribution in [3.63, 3.8) is 0 Å². The molecule has 1 aliphatic heterocycles. The molecule has 1 unspecified atom stereocenters. The van der Waals surface area contributed by atoms with E-state index in [0.717, 1.165) is 19.5 Å². The Hall–Kier alpha value is -1.46. The summed E-state index contributed by atoms with van der Waals surface area (Å²) in [7, 11) is 0. The Labute approximate surface area is 95.5 Å². The van der Waals surface area contributed by atoms with Crippen LogP contribution in [0.4, 0.5) is 4.79 Å². The molecule has 1 rings (SSSR count). The molecule has 0 bridgehead atoms. The molecule has 2 amide bonds. The quantitative estimate of drug-likeness (QED) is 0.285. The van der Waals surface area contributed by atoms with Gasteiger partial charge < -0.3 is 21.2 Å². The normalized spacial score (nSPS) is 21.9.